The van der Waals surface area contributed by atoms with Gasteiger partial charge >= 0.3 is 0 Å². The van der Waals surface area contributed by atoms with E-state index in [1.54, 1.807) is 14.2 Å². The molecule has 0 bridgehead atoms. The number of hydrogen-bond donors (Lipinski definition) is 1. The van der Waals surface area contributed by atoms with Gasteiger partial charge in [-0.05, 0) is 48.2 Å². The van der Waals surface area contributed by atoms with E-state index in [4.69, 9.17) is 28.4 Å². The first-order chi connectivity index (χ1) is 20.1. The number of nitrogens with one attached hydrogen (secondary N) is 1. The number of hydrogen-bond acceptors (Lipinski definition) is 9. The second-order valence-electron chi connectivity index (χ2n) is 10.8. The van der Waals surface area contributed by atoms with E-state index in [9.17, 15) is 5.26 Å². The number of ether oxygens (including phenoxy) is 6. The zero-order valence-corrected chi connectivity index (χ0v) is 24.7. The third-order valence-corrected chi connectivity index (χ3v) is 7.69. The van der Waals surface area contributed by atoms with Gasteiger partial charge in [0, 0.05) is 39.8 Å². The molecular weight excluding hydrogens is 522 g/mol. The van der Waals surface area contributed by atoms with Crippen molar-refractivity contribution in [3.8, 4) is 11.8 Å². The minimum Gasteiger partial charge on any atom is -0.490 e. The molecule has 9 heteroatoms. The number of methoxy groups -OCH3 is 2. The molecule has 2 aliphatic heterocycles. The standard InChI is InChI=1S/C32H45N3O6/c1-25(21-37-3)22-38-23-26-5-8-28(9-6-26)32(41-17-12-33)11-13-34-20-31(32)40-24-27-7-10-30-29(19-27)35(15-18-39-30)14-4-16-36-2/h5-10,19,25,31,34H,4,11,13-18,20-24H2,1-3H3/t25-,31-,32-/m0/s1. The lowest BCUT2D eigenvalue weighted by Gasteiger charge is -2.44. The van der Waals surface area contributed by atoms with Gasteiger partial charge in [0.05, 0.1) is 44.7 Å². The van der Waals surface area contributed by atoms with Crippen LogP contribution in [0.3, 0.4) is 0 Å². The molecule has 0 aliphatic carbocycles. The lowest BCUT2D eigenvalue weighted by atomic mass is 9.82. The summed E-state index contributed by atoms with van der Waals surface area (Å²) in [6.07, 6.45) is 1.39. The minimum absolute atomic E-state index is 0.00523. The SMILES string of the molecule is COCCCN1CCOc2ccc(CO[C@H]3CNCC[C@]3(OCC#N)c3ccc(COC[C@@H](C)COC)cc3)cc21. The fourth-order valence-electron chi connectivity index (χ4n) is 5.60. The van der Waals surface area contributed by atoms with Crippen LogP contribution in [-0.4, -0.2) is 79.5 Å². The van der Waals surface area contributed by atoms with E-state index in [1.807, 2.05) is 6.07 Å². The van der Waals surface area contributed by atoms with Crippen LogP contribution in [0.5, 0.6) is 5.75 Å². The maximum Gasteiger partial charge on any atom is 0.142 e. The Morgan fingerprint density at radius 1 is 1.10 bits per heavy atom. The molecule has 9 nitrogen and oxygen atoms in total. The second kappa shape index (κ2) is 16.1. The number of nitrogens with zero attached hydrogens (tertiary/aromatic N) is 2. The lowest BCUT2D eigenvalue weighted by Crippen LogP contribution is -2.54. The summed E-state index contributed by atoms with van der Waals surface area (Å²) in [6.45, 7) is 8.98. The van der Waals surface area contributed by atoms with Gasteiger partial charge < -0.3 is 38.6 Å². The highest BCUT2D eigenvalue weighted by molar-refractivity contribution is 5.61. The predicted octanol–water partition coefficient (Wildman–Crippen LogP) is 4.04. The molecular formula is C32H45N3O6. The molecule has 2 aromatic rings. The van der Waals surface area contributed by atoms with Crippen LogP contribution in [0.4, 0.5) is 5.69 Å². The van der Waals surface area contributed by atoms with E-state index < -0.39 is 5.60 Å². The zero-order valence-electron chi connectivity index (χ0n) is 24.7. The predicted molar refractivity (Wildman–Crippen MR) is 157 cm³/mol. The van der Waals surface area contributed by atoms with Crippen molar-refractivity contribution in [3.63, 3.8) is 0 Å². The quantitative estimate of drug-likeness (QED) is 0.302. The van der Waals surface area contributed by atoms with Crippen LogP contribution < -0.4 is 15.0 Å². The third kappa shape index (κ3) is 8.41. The summed E-state index contributed by atoms with van der Waals surface area (Å²) in [7, 11) is 3.44. The van der Waals surface area contributed by atoms with Crippen LogP contribution in [0.25, 0.3) is 0 Å². The number of fused-ring (bicyclic) bond motifs is 1. The Hall–Kier alpha value is -2.71. The molecule has 1 saturated heterocycles. The second-order valence-corrected chi connectivity index (χ2v) is 10.8. The first-order valence-electron chi connectivity index (χ1n) is 14.6. The molecule has 224 valence electrons. The highest BCUT2D eigenvalue weighted by atomic mass is 16.6. The maximum absolute atomic E-state index is 9.41. The topological polar surface area (TPSA) is 94.4 Å². The summed E-state index contributed by atoms with van der Waals surface area (Å²) < 4.78 is 35.2. The molecule has 0 spiro atoms. The Kier molecular flexibility index (Phi) is 12.2. The lowest BCUT2D eigenvalue weighted by molar-refractivity contribution is -0.162. The molecule has 0 aromatic heterocycles. The van der Waals surface area contributed by atoms with Gasteiger partial charge in [0.1, 0.15) is 30.7 Å². The summed E-state index contributed by atoms with van der Waals surface area (Å²) in [5.41, 5.74) is 3.54. The molecule has 2 aromatic carbocycles. The Morgan fingerprint density at radius 2 is 1.93 bits per heavy atom. The Morgan fingerprint density at radius 3 is 2.71 bits per heavy atom. The van der Waals surface area contributed by atoms with Crippen molar-refractivity contribution in [2.75, 3.05) is 78.3 Å². The van der Waals surface area contributed by atoms with Gasteiger partial charge in [-0.15, -0.1) is 0 Å². The fourth-order valence-corrected chi connectivity index (χ4v) is 5.60. The molecule has 0 saturated carbocycles. The van der Waals surface area contributed by atoms with Gasteiger partial charge in [0.2, 0.25) is 0 Å². The van der Waals surface area contributed by atoms with Crippen LogP contribution in [0, 0.1) is 17.2 Å². The maximum atomic E-state index is 9.41. The molecule has 0 amide bonds. The highest BCUT2D eigenvalue weighted by Gasteiger charge is 2.44. The van der Waals surface area contributed by atoms with E-state index in [0.717, 1.165) is 60.8 Å². The Balaban J connectivity index is 1.46. The average Bonchev–Trinajstić information content (AvgIpc) is 3.00. The van der Waals surface area contributed by atoms with Gasteiger partial charge in [-0.25, -0.2) is 0 Å². The summed E-state index contributed by atoms with van der Waals surface area (Å²) in [6, 6.07) is 16.8. The van der Waals surface area contributed by atoms with Crippen molar-refractivity contribution in [1.82, 2.24) is 5.32 Å². The highest BCUT2D eigenvalue weighted by Crippen LogP contribution is 2.38. The summed E-state index contributed by atoms with van der Waals surface area (Å²) in [5, 5.41) is 12.9. The smallest absolute Gasteiger partial charge is 0.142 e. The van der Waals surface area contributed by atoms with Crippen molar-refractivity contribution >= 4 is 5.69 Å². The van der Waals surface area contributed by atoms with E-state index in [2.05, 4.69) is 59.6 Å². The van der Waals surface area contributed by atoms with Crippen molar-refractivity contribution in [3.05, 3.63) is 59.2 Å². The van der Waals surface area contributed by atoms with E-state index in [1.165, 1.54) is 0 Å². The molecule has 4 rings (SSSR count). The van der Waals surface area contributed by atoms with E-state index in [-0.39, 0.29) is 12.7 Å². The first kappa shape index (κ1) is 31.2. The van der Waals surface area contributed by atoms with Gasteiger partial charge in [0.25, 0.3) is 0 Å². The molecule has 1 fully saturated rings. The van der Waals surface area contributed by atoms with Gasteiger partial charge in [-0.2, -0.15) is 5.26 Å². The number of anilines is 1. The van der Waals surface area contributed by atoms with Gasteiger partial charge in [-0.3, -0.25) is 0 Å². The monoisotopic (exact) mass is 567 g/mol. The number of piperidine rings is 1. The Bertz CT molecular complexity index is 1110. The molecule has 0 unspecified atom stereocenters. The van der Waals surface area contributed by atoms with Crippen LogP contribution in [0.1, 0.15) is 36.5 Å². The van der Waals surface area contributed by atoms with Crippen molar-refractivity contribution in [2.45, 2.75) is 44.7 Å². The van der Waals surface area contributed by atoms with Crippen LogP contribution in [0.2, 0.25) is 0 Å². The van der Waals surface area contributed by atoms with Gasteiger partial charge in [-0.1, -0.05) is 37.3 Å². The molecule has 2 heterocycles. The van der Waals surface area contributed by atoms with Crippen molar-refractivity contribution in [2.24, 2.45) is 5.92 Å². The summed E-state index contributed by atoms with van der Waals surface area (Å²) in [4.78, 5) is 2.35. The van der Waals surface area contributed by atoms with Crippen molar-refractivity contribution in [1.29, 1.82) is 5.26 Å². The van der Waals surface area contributed by atoms with E-state index in [0.29, 0.717) is 51.9 Å². The van der Waals surface area contributed by atoms with E-state index >= 15 is 0 Å². The zero-order chi connectivity index (χ0) is 28.9. The molecule has 3 atom stereocenters. The largest absolute Gasteiger partial charge is 0.490 e. The van der Waals surface area contributed by atoms with Gasteiger partial charge in [0.15, 0.2) is 0 Å². The normalized spacial score (nSPS) is 21.1. The third-order valence-electron chi connectivity index (χ3n) is 7.69. The van der Waals surface area contributed by atoms with Crippen LogP contribution >= 0.6 is 0 Å². The van der Waals surface area contributed by atoms with Crippen LogP contribution in [0.15, 0.2) is 42.5 Å². The summed E-state index contributed by atoms with van der Waals surface area (Å²) >= 11 is 0. The average molecular weight is 568 g/mol. The fraction of sp³-hybridized carbons (Fsp3) is 0.594. The first-order valence-corrected chi connectivity index (χ1v) is 14.6. The molecule has 41 heavy (non-hydrogen) atoms. The Labute approximate surface area is 244 Å². The van der Waals surface area contributed by atoms with Crippen LogP contribution in [-0.2, 0) is 42.5 Å². The number of rotatable bonds is 16. The molecule has 1 N–H and O–H groups in total. The number of benzene rings is 2. The minimum atomic E-state index is -0.725. The summed E-state index contributed by atoms with van der Waals surface area (Å²) in [5.74, 6) is 1.25. The molecule has 2 aliphatic rings. The number of nitriles is 1. The molecule has 0 radical (unpaired) electrons. The van der Waals surface area contributed by atoms with Crippen molar-refractivity contribution < 1.29 is 28.4 Å².